The van der Waals surface area contributed by atoms with Crippen LogP contribution in [-0.4, -0.2) is 71.5 Å². The fourth-order valence-corrected chi connectivity index (χ4v) is 4.35. The third-order valence-corrected chi connectivity index (χ3v) is 6.64. The average Bonchev–Trinajstić information content (AvgIpc) is 2.89. The fraction of sp³-hybridized carbons (Fsp3) is 0.862. The predicted molar refractivity (Wildman–Crippen MR) is 150 cm³/mol. The van der Waals surface area contributed by atoms with Crippen molar-refractivity contribution in [3.63, 3.8) is 0 Å². The normalized spacial score (nSPS) is 11.7. The highest BCUT2D eigenvalue weighted by molar-refractivity contribution is 5.84. The lowest BCUT2D eigenvalue weighted by molar-refractivity contribution is -0.142. The third kappa shape index (κ3) is 27.2. The van der Waals surface area contributed by atoms with E-state index in [1.54, 1.807) is 0 Å². The number of unbranched alkanes of at least 4 members (excludes halogenated alkanes) is 15. The van der Waals surface area contributed by atoms with Gasteiger partial charge in [0.25, 0.3) is 0 Å². The van der Waals surface area contributed by atoms with Crippen LogP contribution < -0.4 is 10.6 Å². The number of carboxylic acid groups (broad SMARTS) is 2. The molecule has 0 aliphatic rings. The van der Waals surface area contributed by atoms with Crippen molar-refractivity contribution in [1.82, 2.24) is 10.6 Å². The molecular weight excluding hydrogens is 504 g/mol. The number of hydrogen-bond acceptors (Lipinski definition) is 6. The molecule has 1 atom stereocenters. The second kappa shape index (κ2) is 27.4. The largest absolute Gasteiger partial charge is 0.481 e. The Morgan fingerprint density at radius 3 is 1.49 bits per heavy atom. The first-order chi connectivity index (χ1) is 18.9. The first kappa shape index (κ1) is 36.8. The van der Waals surface area contributed by atoms with Gasteiger partial charge in [-0.3, -0.25) is 14.4 Å². The monoisotopic (exact) mass is 558 g/mol. The highest BCUT2D eigenvalue weighted by Gasteiger charge is 2.20. The molecule has 0 aromatic rings. The minimum atomic E-state index is -1.15. The maximum absolute atomic E-state index is 12.1. The standard InChI is InChI=1S/C29H54N2O8/c32-22-24-39-23-21-30-26(33)20-19-25(29(37)38)31-27(34)17-15-13-11-9-7-5-3-1-2-4-6-8-10-12-14-16-18-28(35)36/h25,32H,1-24H2,(H,30,33)(H,31,34)(H,35,36)(H,37,38). The van der Waals surface area contributed by atoms with Gasteiger partial charge in [0.15, 0.2) is 0 Å². The van der Waals surface area contributed by atoms with Gasteiger partial charge in [-0.1, -0.05) is 89.9 Å². The summed E-state index contributed by atoms with van der Waals surface area (Å²) in [5, 5.41) is 31.7. The van der Waals surface area contributed by atoms with Crippen molar-refractivity contribution in [3.8, 4) is 0 Å². The van der Waals surface area contributed by atoms with E-state index in [0.29, 0.717) is 12.8 Å². The topological polar surface area (TPSA) is 162 Å². The summed E-state index contributed by atoms with van der Waals surface area (Å²) >= 11 is 0. The van der Waals surface area contributed by atoms with Crippen molar-refractivity contribution in [2.75, 3.05) is 26.4 Å². The summed E-state index contributed by atoms with van der Waals surface area (Å²) in [5.41, 5.74) is 0. The van der Waals surface area contributed by atoms with E-state index in [1.165, 1.54) is 57.8 Å². The van der Waals surface area contributed by atoms with Gasteiger partial charge < -0.3 is 30.7 Å². The summed E-state index contributed by atoms with van der Waals surface area (Å²) in [6.07, 6.45) is 18.8. The minimum absolute atomic E-state index is 0.00513. The summed E-state index contributed by atoms with van der Waals surface area (Å²) in [5.74, 6) is -2.44. The maximum atomic E-state index is 12.1. The van der Waals surface area contributed by atoms with Crippen molar-refractivity contribution in [1.29, 1.82) is 0 Å². The van der Waals surface area contributed by atoms with Gasteiger partial charge in [-0.05, 0) is 19.3 Å². The van der Waals surface area contributed by atoms with Gasteiger partial charge in [-0.15, -0.1) is 0 Å². The Labute approximate surface area is 234 Å². The Morgan fingerprint density at radius 1 is 0.590 bits per heavy atom. The quantitative estimate of drug-likeness (QED) is 0.0834. The molecule has 0 spiro atoms. The number of aliphatic carboxylic acids is 2. The number of aliphatic hydroxyl groups is 1. The van der Waals surface area contributed by atoms with E-state index in [-0.39, 0.29) is 51.0 Å². The molecule has 0 saturated heterocycles. The average molecular weight is 559 g/mol. The Hall–Kier alpha value is -2.20. The van der Waals surface area contributed by atoms with Gasteiger partial charge in [0.05, 0.1) is 19.8 Å². The molecule has 2 amide bonds. The molecule has 0 heterocycles. The molecule has 10 heteroatoms. The molecular formula is C29H54N2O8. The van der Waals surface area contributed by atoms with Crippen molar-refractivity contribution in [2.24, 2.45) is 0 Å². The van der Waals surface area contributed by atoms with Crippen LogP contribution in [0.3, 0.4) is 0 Å². The van der Waals surface area contributed by atoms with Crippen molar-refractivity contribution >= 4 is 23.8 Å². The van der Waals surface area contributed by atoms with Crippen LogP contribution in [0.4, 0.5) is 0 Å². The van der Waals surface area contributed by atoms with E-state index in [2.05, 4.69) is 10.6 Å². The molecule has 39 heavy (non-hydrogen) atoms. The zero-order valence-electron chi connectivity index (χ0n) is 23.9. The van der Waals surface area contributed by atoms with E-state index < -0.39 is 18.0 Å². The number of carbonyl (C=O) groups is 4. The number of carbonyl (C=O) groups excluding carboxylic acids is 2. The number of nitrogens with one attached hydrogen (secondary N) is 2. The number of hydrogen-bond donors (Lipinski definition) is 5. The van der Waals surface area contributed by atoms with Gasteiger partial charge >= 0.3 is 11.9 Å². The molecule has 5 N–H and O–H groups in total. The number of ether oxygens (including phenoxy) is 1. The highest BCUT2D eigenvalue weighted by Crippen LogP contribution is 2.14. The lowest BCUT2D eigenvalue weighted by atomic mass is 10.0. The molecule has 0 radical (unpaired) electrons. The summed E-state index contributed by atoms with van der Waals surface area (Å²) < 4.78 is 5.04. The third-order valence-electron chi connectivity index (χ3n) is 6.64. The van der Waals surface area contributed by atoms with Crippen LogP contribution in [0.2, 0.25) is 0 Å². The second-order valence-electron chi connectivity index (χ2n) is 10.2. The maximum Gasteiger partial charge on any atom is 0.326 e. The van der Waals surface area contributed by atoms with E-state index >= 15 is 0 Å². The fourth-order valence-electron chi connectivity index (χ4n) is 4.35. The molecule has 0 saturated carbocycles. The van der Waals surface area contributed by atoms with Crippen molar-refractivity contribution in [2.45, 2.75) is 134 Å². The first-order valence-corrected chi connectivity index (χ1v) is 15.1. The summed E-state index contributed by atoms with van der Waals surface area (Å²) in [7, 11) is 0. The molecule has 0 aliphatic heterocycles. The van der Waals surface area contributed by atoms with Gasteiger partial charge in [0.2, 0.25) is 11.8 Å². The van der Waals surface area contributed by atoms with Gasteiger partial charge in [-0.2, -0.15) is 0 Å². The van der Waals surface area contributed by atoms with Gasteiger partial charge in [0.1, 0.15) is 6.04 Å². The van der Waals surface area contributed by atoms with Crippen molar-refractivity contribution < 1.29 is 39.2 Å². The summed E-state index contributed by atoms with van der Waals surface area (Å²) in [4.78, 5) is 45.8. The van der Waals surface area contributed by atoms with Crippen LogP contribution in [0.1, 0.15) is 128 Å². The molecule has 1 unspecified atom stereocenters. The smallest absolute Gasteiger partial charge is 0.326 e. The van der Waals surface area contributed by atoms with Crippen LogP contribution in [0, 0.1) is 0 Å². The molecule has 0 bridgehead atoms. The van der Waals surface area contributed by atoms with E-state index in [1.807, 2.05) is 0 Å². The number of amides is 2. The van der Waals surface area contributed by atoms with E-state index in [0.717, 1.165) is 44.9 Å². The molecule has 0 aliphatic carbocycles. The van der Waals surface area contributed by atoms with Crippen molar-refractivity contribution in [3.05, 3.63) is 0 Å². The predicted octanol–water partition coefficient (Wildman–Crippen LogP) is 4.57. The Balaban J connectivity index is 3.57. The van der Waals surface area contributed by atoms with Crippen LogP contribution >= 0.6 is 0 Å². The molecule has 228 valence electrons. The Kier molecular flexibility index (Phi) is 25.8. The van der Waals surface area contributed by atoms with E-state index in [4.69, 9.17) is 14.9 Å². The molecule has 0 aromatic heterocycles. The summed E-state index contributed by atoms with van der Waals surface area (Å²) in [6.45, 7) is 0.668. The highest BCUT2D eigenvalue weighted by atomic mass is 16.5. The zero-order valence-corrected chi connectivity index (χ0v) is 23.9. The lowest BCUT2D eigenvalue weighted by Crippen LogP contribution is -2.41. The Morgan fingerprint density at radius 2 is 1.05 bits per heavy atom. The SMILES string of the molecule is O=C(O)CCCCCCCCCCCCCCCCCCC(=O)NC(CCC(=O)NCCOCCO)C(=O)O. The number of carboxylic acids is 2. The molecule has 0 rings (SSSR count). The number of aliphatic hydroxyl groups excluding tert-OH is 1. The zero-order chi connectivity index (χ0) is 29.0. The summed E-state index contributed by atoms with van der Waals surface area (Å²) in [6, 6.07) is -1.08. The van der Waals surface area contributed by atoms with Gasteiger partial charge in [-0.25, -0.2) is 4.79 Å². The van der Waals surface area contributed by atoms with Crippen LogP contribution in [-0.2, 0) is 23.9 Å². The minimum Gasteiger partial charge on any atom is -0.481 e. The van der Waals surface area contributed by atoms with Crippen LogP contribution in [0.15, 0.2) is 0 Å². The lowest BCUT2D eigenvalue weighted by Gasteiger charge is -2.14. The first-order valence-electron chi connectivity index (χ1n) is 15.1. The molecule has 0 aromatic carbocycles. The van der Waals surface area contributed by atoms with Crippen LogP contribution in [0.5, 0.6) is 0 Å². The van der Waals surface area contributed by atoms with E-state index in [9.17, 15) is 24.3 Å². The molecule has 10 nitrogen and oxygen atoms in total. The van der Waals surface area contributed by atoms with Gasteiger partial charge in [0, 0.05) is 25.8 Å². The second-order valence-corrected chi connectivity index (χ2v) is 10.2. The number of rotatable bonds is 29. The molecule has 0 fully saturated rings. The van der Waals surface area contributed by atoms with Crippen LogP contribution in [0.25, 0.3) is 0 Å². The Bertz CT molecular complexity index is 645.